The molecule has 0 aliphatic carbocycles. The number of sulfone groups is 1. The molecule has 2 atom stereocenters. The van der Waals surface area contributed by atoms with Crippen molar-refractivity contribution in [3.05, 3.63) is 41.3 Å². The molecule has 32 heavy (non-hydrogen) atoms. The predicted molar refractivity (Wildman–Crippen MR) is 121 cm³/mol. The zero-order valence-electron chi connectivity index (χ0n) is 17.5. The second-order valence-corrected chi connectivity index (χ2v) is 11.7. The van der Waals surface area contributed by atoms with E-state index in [4.69, 9.17) is 9.94 Å². The van der Waals surface area contributed by atoms with E-state index in [9.17, 15) is 18.0 Å². The Morgan fingerprint density at radius 1 is 1.19 bits per heavy atom. The largest absolute Gasteiger partial charge is 0.368 e. The van der Waals surface area contributed by atoms with Crippen LogP contribution in [0.5, 0.6) is 0 Å². The molecule has 1 aromatic heterocycles. The predicted octanol–water partition coefficient (Wildman–Crippen LogP) is 3.22. The second-order valence-electron chi connectivity index (χ2n) is 8.22. The van der Waals surface area contributed by atoms with Gasteiger partial charge in [0.15, 0.2) is 9.84 Å². The monoisotopic (exact) mass is 478 g/mol. The lowest BCUT2D eigenvalue weighted by atomic mass is 9.94. The number of benzene rings is 1. The van der Waals surface area contributed by atoms with Gasteiger partial charge in [-0.25, -0.2) is 13.9 Å². The molecule has 2 saturated heterocycles. The third-order valence-electron chi connectivity index (χ3n) is 6.10. The van der Waals surface area contributed by atoms with Crippen LogP contribution in [-0.4, -0.2) is 43.9 Å². The molecule has 4 rings (SSSR count). The second kappa shape index (κ2) is 9.30. The number of nitrogens with one attached hydrogen (secondary N) is 2. The summed E-state index contributed by atoms with van der Waals surface area (Å²) < 4.78 is 30.3. The van der Waals surface area contributed by atoms with Gasteiger partial charge in [-0.2, -0.15) is 0 Å². The van der Waals surface area contributed by atoms with Crippen molar-refractivity contribution in [2.75, 3.05) is 17.7 Å². The molecular formula is C22H26N2O6S2. The Morgan fingerprint density at radius 2 is 2.03 bits per heavy atom. The van der Waals surface area contributed by atoms with Crippen LogP contribution in [0.25, 0.3) is 10.4 Å². The van der Waals surface area contributed by atoms with Gasteiger partial charge in [0.25, 0.3) is 5.91 Å². The Morgan fingerprint density at radius 3 is 2.75 bits per heavy atom. The topological polar surface area (TPSA) is 122 Å². The third-order valence-corrected chi connectivity index (χ3v) is 10.2. The van der Waals surface area contributed by atoms with Gasteiger partial charge >= 0.3 is 0 Å². The van der Waals surface area contributed by atoms with Gasteiger partial charge < -0.3 is 10.1 Å². The van der Waals surface area contributed by atoms with Gasteiger partial charge in [0, 0.05) is 22.0 Å². The average Bonchev–Trinajstić information content (AvgIpc) is 3.48. The molecule has 0 radical (unpaired) electrons. The Kier molecular flexibility index (Phi) is 6.66. The molecule has 1 aromatic carbocycles. The minimum Gasteiger partial charge on any atom is -0.368 e. The maximum Gasteiger partial charge on any atom is 0.253 e. The van der Waals surface area contributed by atoms with Gasteiger partial charge in [-0.1, -0.05) is 18.6 Å². The van der Waals surface area contributed by atoms with E-state index in [1.54, 1.807) is 17.6 Å². The standard InChI is InChI=1S/C22H26N2O6S2/c25-20(24-27)14-22(10-1-2-12-32(22,28)29)19-9-8-18(31-19)15-5-3-6-16(13-15)23-21(26)17-7-4-11-30-17/h3,5-6,8-9,13,17,27H,1-2,4,7,10-12,14H2,(H,23,26)(H,24,25)/t17?,22-/m0/s1. The van der Waals surface area contributed by atoms with E-state index in [1.807, 2.05) is 24.3 Å². The zero-order chi connectivity index (χ0) is 22.8. The average molecular weight is 479 g/mol. The van der Waals surface area contributed by atoms with E-state index >= 15 is 0 Å². The number of rotatable bonds is 6. The maximum absolute atomic E-state index is 13.1. The summed E-state index contributed by atoms with van der Waals surface area (Å²) in [6.07, 6.45) is 2.42. The summed E-state index contributed by atoms with van der Waals surface area (Å²) in [6.45, 7) is 0.592. The highest BCUT2D eigenvalue weighted by molar-refractivity contribution is 7.92. The number of hydrogen-bond acceptors (Lipinski definition) is 7. The van der Waals surface area contributed by atoms with Crippen molar-refractivity contribution in [2.45, 2.75) is 49.4 Å². The maximum atomic E-state index is 13.1. The van der Waals surface area contributed by atoms with Crippen LogP contribution >= 0.6 is 11.3 Å². The van der Waals surface area contributed by atoms with Crippen LogP contribution in [0.3, 0.4) is 0 Å². The summed E-state index contributed by atoms with van der Waals surface area (Å²) in [6, 6.07) is 10.9. The first-order chi connectivity index (χ1) is 15.3. The van der Waals surface area contributed by atoms with Crippen molar-refractivity contribution in [1.29, 1.82) is 0 Å². The number of carbonyl (C=O) groups is 2. The number of hydroxylamine groups is 1. The highest BCUT2D eigenvalue weighted by Crippen LogP contribution is 2.47. The number of ether oxygens (including phenoxy) is 1. The van der Waals surface area contributed by atoms with Crippen LogP contribution < -0.4 is 10.8 Å². The first-order valence-electron chi connectivity index (χ1n) is 10.6. The SMILES string of the molecule is O=C(C[C@]1(c2ccc(-c3cccc(NC(=O)C4CCCO4)c3)s2)CCCCS1(=O)=O)NO. The Hall–Kier alpha value is -2.27. The molecule has 0 bridgehead atoms. The molecule has 2 aromatic rings. The molecule has 3 N–H and O–H groups in total. The first-order valence-corrected chi connectivity index (χ1v) is 13.1. The zero-order valence-corrected chi connectivity index (χ0v) is 19.1. The minimum absolute atomic E-state index is 0.0176. The smallest absolute Gasteiger partial charge is 0.253 e. The van der Waals surface area contributed by atoms with Crippen LogP contribution in [0.1, 0.15) is 43.4 Å². The molecule has 0 spiro atoms. The fourth-order valence-corrected chi connectivity index (χ4v) is 8.19. The fraction of sp³-hybridized carbons (Fsp3) is 0.455. The van der Waals surface area contributed by atoms with Crippen molar-refractivity contribution in [3.63, 3.8) is 0 Å². The van der Waals surface area contributed by atoms with Gasteiger partial charge in [0.05, 0.1) is 12.2 Å². The van der Waals surface area contributed by atoms with Gasteiger partial charge in [-0.15, -0.1) is 11.3 Å². The van der Waals surface area contributed by atoms with E-state index in [0.29, 0.717) is 42.9 Å². The summed E-state index contributed by atoms with van der Waals surface area (Å²) in [5.41, 5.74) is 3.05. The fourth-order valence-electron chi connectivity index (χ4n) is 4.41. The number of amides is 2. The summed E-state index contributed by atoms with van der Waals surface area (Å²) in [5, 5.41) is 11.9. The summed E-state index contributed by atoms with van der Waals surface area (Å²) in [7, 11) is -3.58. The quantitative estimate of drug-likeness (QED) is 0.433. The summed E-state index contributed by atoms with van der Waals surface area (Å²) in [5.74, 6) is -0.873. The number of hydrogen-bond donors (Lipinski definition) is 3. The first kappa shape index (κ1) is 22.9. The molecule has 3 heterocycles. The van der Waals surface area contributed by atoms with E-state index in [-0.39, 0.29) is 18.1 Å². The Bertz CT molecular complexity index is 1110. The molecule has 10 heteroatoms. The van der Waals surface area contributed by atoms with Gasteiger partial charge in [-0.05, 0) is 55.5 Å². The summed E-state index contributed by atoms with van der Waals surface area (Å²) in [4.78, 5) is 25.8. The minimum atomic E-state index is -3.58. The number of thiophene rings is 1. The van der Waals surface area contributed by atoms with Crippen LogP contribution in [0.4, 0.5) is 5.69 Å². The van der Waals surface area contributed by atoms with E-state index in [1.165, 1.54) is 11.3 Å². The molecule has 0 saturated carbocycles. The molecule has 1 unspecified atom stereocenters. The lowest BCUT2D eigenvalue weighted by molar-refractivity contribution is -0.130. The normalized spacial score (nSPS) is 24.7. The van der Waals surface area contributed by atoms with Gasteiger partial charge in [0.2, 0.25) is 5.91 Å². The highest BCUT2D eigenvalue weighted by Gasteiger charge is 2.49. The van der Waals surface area contributed by atoms with Crippen LogP contribution in [0, 0.1) is 0 Å². The van der Waals surface area contributed by atoms with Crippen LogP contribution in [-0.2, 0) is 28.9 Å². The van der Waals surface area contributed by atoms with Gasteiger partial charge in [-0.3, -0.25) is 14.8 Å². The van der Waals surface area contributed by atoms with Gasteiger partial charge in [0.1, 0.15) is 10.9 Å². The molecule has 2 amide bonds. The third kappa shape index (κ3) is 4.45. The number of anilines is 1. The number of carbonyl (C=O) groups excluding carboxylic acids is 2. The Labute approximate surface area is 190 Å². The molecule has 172 valence electrons. The van der Waals surface area contributed by atoms with E-state index in [2.05, 4.69) is 5.32 Å². The van der Waals surface area contributed by atoms with Crippen molar-refractivity contribution in [2.24, 2.45) is 0 Å². The van der Waals surface area contributed by atoms with Crippen molar-refractivity contribution < 1.29 is 28.0 Å². The molecule has 8 nitrogen and oxygen atoms in total. The molecular weight excluding hydrogens is 452 g/mol. The highest BCUT2D eigenvalue weighted by atomic mass is 32.2. The van der Waals surface area contributed by atoms with E-state index in [0.717, 1.165) is 16.9 Å². The lowest BCUT2D eigenvalue weighted by Gasteiger charge is -2.35. The van der Waals surface area contributed by atoms with Crippen molar-refractivity contribution in [1.82, 2.24) is 5.48 Å². The van der Waals surface area contributed by atoms with E-state index < -0.39 is 26.6 Å². The Balaban J connectivity index is 1.62. The van der Waals surface area contributed by atoms with Crippen molar-refractivity contribution in [3.8, 4) is 10.4 Å². The molecule has 2 aliphatic heterocycles. The van der Waals surface area contributed by atoms with Crippen LogP contribution in [0.15, 0.2) is 36.4 Å². The van der Waals surface area contributed by atoms with Crippen LogP contribution in [0.2, 0.25) is 0 Å². The molecule has 2 aliphatic rings. The lowest BCUT2D eigenvalue weighted by Crippen LogP contribution is -2.43. The molecule has 2 fully saturated rings. The summed E-state index contributed by atoms with van der Waals surface area (Å²) >= 11 is 1.32. The van der Waals surface area contributed by atoms with Crippen molar-refractivity contribution >= 4 is 38.7 Å².